The van der Waals surface area contributed by atoms with E-state index in [-0.39, 0.29) is 0 Å². The maximum Gasteiger partial charge on any atom is 0.159 e. The van der Waals surface area contributed by atoms with Crippen molar-refractivity contribution in [2.45, 2.75) is 130 Å². The standard InChI is InChI=1S/C31H50N2/c1-4-6-7-8-9-10-11-12-17-20-29-25-32-31(33-26-29)30-23-21-28(22-24-30)19-16-14-13-15-18-27(3)5-2/h21-27H,4-20H2,1-3H3. The van der Waals surface area contributed by atoms with Crippen LogP contribution in [0, 0.1) is 5.92 Å². The van der Waals surface area contributed by atoms with Gasteiger partial charge in [0, 0.05) is 18.0 Å². The van der Waals surface area contributed by atoms with Crippen LogP contribution in [0.4, 0.5) is 0 Å². The minimum atomic E-state index is 0.849. The van der Waals surface area contributed by atoms with Gasteiger partial charge in [0.25, 0.3) is 0 Å². The molecule has 2 rings (SSSR count). The molecule has 0 radical (unpaired) electrons. The fraction of sp³-hybridized carbons (Fsp3) is 0.677. The van der Waals surface area contributed by atoms with Gasteiger partial charge in [-0.3, -0.25) is 0 Å². The first kappa shape index (κ1) is 27.5. The van der Waals surface area contributed by atoms with E-state index in [4.69, 9.17) is 0 Å². The van der Waals surface area contributed by atoms with Crippen LogP contribution in [0.2, 0.25) is 0 Å². The van der Waals surface area contributed by atoms with Crippen molar-refractivity contribution in [3.05, 3.63) is 47.8 Å². The number of benzene rings is 1. The number of nitrogens with zero attached hydrogens (tertiary/aromatic N) is 2. The third-order valence-corrected chi connectivity index (χ3v) is 7.10. The topological polar surface area (TPSA) is 25.8 Å². The Morgan fingerprint density at radius 1 is 0.606 bits per heavy atom. The highest BCUT2D eigenvalue weighted by Crippen LogP contribution is 2.19. The summed E-state index contributed by atoms with van der Waals surface area (Å²) in [7, 11) is 0. The Balaban J connectivity index is 1.60. The highest BCUT2D eigenvalue weighted by molar-refractivity contribution is 5.55. The van der Waals surface area contributed by atoms with Crippen LogP contribution in [0.25, 0.3) is 11.4 Å². The van der Waals surface area contributed by atoms with Crippen molar-refractivity contribution in [2.75, 3.05) is 0 Å². The molecule has 1 heterocycles. The zero-order valence-corrected chi connectivity index (χ0v) is 22.0. The van der Waals surface area contributed by atoms with Crippen LogP contribution in [0.1, 0.15) is 128 Å². The molecule has 0 saturated carbocycles. The summed E-state index contributed by atoms with van der Waals surface area (Å²) in [6.07, 6.45) is 26.8. The van der Waals surface area contributed by atoms with Crippen LogP contribution in [0.5, 0.6) is 0 Å². The number of hydrogen-bond donors (Lipinski definition) is 0. The van der Waals surface area contributed by atoms with Crippen LogP contribution in [0.3, 0.4) is 0 Å². The van der Waals surface area contributed by atoms with E-state index < -0.39 is 0 Å². The molecular formula is C31H50N2. The van der Waals surface area contributed by atoms with Gasteiger partial charge in [-0.05, 0) is 42.7 Å². The largest absolute Gasteiger partial charge is 0.236 e. The molecule has 0 saturated heterocycles. The number of unbranched alkanes of at least 4 members (excludes halogenated alkanes) is 11. The maximum atomic E-state index is 4.64. The van der Waals surface area contributed by atoms with E-state index in [2.05, 4.69) is 55.0 Å². The quantitative estimate of drug-likeness (QED) is 0.199. The minimum absolute atomic E-state index is 0.849. The molecule has 1 unspecified atom stereocenters. The number of aryl methyl sites for hydroxylation is 2. The molecule has 2 heteroatoms. The van der Waals surface area contributed by atoms with E-state index in [0.29, 0.717) is 0 Å². The van der Waals surface area contributed by atoms with Gasteiger partial charge in [-0.15, -0.1) is 0 Å². The third kappa shape index (κ3) is 12.4. The molecule has 1 aromatic heterocycles. The zero-order chi connectivity index (χ0) is 23.6. The van der Waals surface area contributed by atoms with Gasteiger partial charge >= 0.3 is 0 Å². The third-order valence-electron chi connectivity index (χ3n) is 7.10. The Kier molecular flexibility index (Phi) is 14.8. The average Bonchev–Trinajstić information content (AvgIpc) is 2.85. The van der Waals surface area contributed by atoms with Crippen molar-refractivity contribution in [2.24, 2.45) is 5.92 Å². The average molecular weight is 451 g/mol. The lowest BCUT2D eigenvalue weighted by atomic mass is 9.99. The summed E-state index contributed by atoms with van der Waals surface area (Å²) in [4.78, 5) is 9.28. The predicted octanol–water partition coefficient (Wildman–Crippen LogP) is 9.76. The molecule has 0 aliphatic rings. The summed E-state index contributed by atoms with van der Waals surface area (Å²) in [6, 6.07) is 8.89. The summed E-state index contributed by atoms with van der Waals surface area (Å²) in [5, 5.41) is 0. The Bertz CT molecular complexity index is 705. The molecule has 0 N–H and O–H groups in total. The molecule has 0 amide bonds. The van der Waals surface area contributed by atoms with Crippen LogP contribution in [-0.2, 0) is 12.8 Å². The van der Waals surface area contributed by atoms with Gasteiger partial charge in [-0.2, -0.15) is 0 Å². The Hall–Kier alpha value is -1.70. The molecule has 0 fully saturated rings. The van der Waals surface area contributed by atoms with Crippen LogP contribution in [0.15, 0.2) is 36.7 Å². The van der Waals surface area contributed by atoms with Gasteiger partial charge in [0.05, 0.1) is 0 Å². The summed E-state index contributed by atoms with van der Waals surface area (Å²) in [5.74, 6) is 1.74. The Labute approximate surface area is 205 Å². The van der Waals surface area contributed by atoms with E-state index in [1.54, 1.807) is 0 Å². The van der Waals surface area contributed by atoms with Gasteiger partial charge in [0.15, 0.2) is 5.82 Å². The van der Waals surface area contributed by atoms with E-state index in [1.165, 1.54) is 114 Å². The van der Waals surface area contributed by atoms with Crippen molar-refractivity contribution in [3.8, 4) is 11.4 Å². The second-order valence-corrected chi connectivity index (χ2v) is 10.2. The normalized spacial score (nSPS) is 12.2. The van der Waals surface area contributed by atoms with E-state index >= 15 is 0 Å². The summed E-state index contributed by atoms with van der Waals surface area (Å²) in [5.41, 5.74) is 3.83. The van der Waals surface area contributed by atoms with Crippen LogP contribution >= 0.6 is 0 Å². The second kappa shape index (κ2) is 17.7. The summed E-state index contributed by atoms with van der Waals surface area (Å²) >= 11 is 0. The molecular weight excluding hydrogens is 400 g/mol. The molecule has 184 valence electrons. The maximum absolute atomic E-state index is 4.64. The predicted molar refractivity (Wildman–Crippen MR) is 145 cm³/mol. The number of rotatable bonds is 19. The molecule has 2 nitrogen and oxygen atoms in total. The van der Waals surface area contributed by atoms with Gasteiger partial charge in [-0.1, -0.05) is 129 Å². The first-order valence-electron chi connectivity index (χ1n) is 14.1. The summed E-state index contributed by atoms with van der Waals surface area (Å²) in [6.45, 7) is 6.95. The van der Waals surface area contributed by atoms with Gasteiger partial charge in [0.1, 0.15) is 0 Å². The number of hydrogen-bond acceptors (Lipinski definition) is 2. The SMILES string of the molecule is CCCCCCCCCCCc1cnc(-c2ccc(CCCCCCC(C)CC)cc2)nc1. The number of aromatic nitrogens is 2. The first-order chi connectivity index (χ1) is 16.2. The lowest BCUT2D eigenvalue weighted by molar-refractivity contribution is 0.475. The molecule has 0 aliphatic heterocycles. The molecule has 0 aliphatic carbocycles. The lowest BCUT2D eigenvalue weighted by Gasteiger charge is -2.08. The van der Waals surface area contributed by atoms with Gasteiger partial charge < -0.3 is 0 Å². The molecule has 33 heavy (non-hydrogen) atoms. The van der Waals surface area contributed by atoms with Crippen LogP contribution in [-0.4, -0.2) is 9.97 Å². The minimum Gasteiger partial charge on any atom is -0.236 e. The van der Waals surface area contributed by atoms with Crippen LogP contribution < -0.4 is 0 Å². The molecule has 0 spiro atoms. The molecule has 0 bridgehead atoms. The van der Waals surface area contributed by atoms with Crippen molar-refractivity contribution >= 4 is 0 Å². The monoisotopic (exact) mass is 450 g/mol. The first-order valence-corrected chi connectivity index (χ1v) is 14.1. The van der Waals surface area contributed by atoms with E-state index in [0.717, 1.165) is 23.7 Å². The van der Waals surface area contributed by atoms with E-state index in [9.17, 15) is 0 Å². The smallest absolute Gasteiger partial charge is 0.159 e. The highest BCUT2D eigenvalue weighted by atomic mass is 14.9. The lowest BCUT2D eigenvalue weighted by Crippen LogP contribution is -1.94. The summed E-state index contributed by atoms with van der Waals surface area (Å²) < 4.78 is 0. The molecule has 2 aromatic rings. The Morgan fingerprint density at radius 2 is 1.12 bits per heavy atom. The van der Waals surface area contributed by atoms with Crippen molar-refractivity contribution in [1.29, 1.82) is 0 Å². The van der Waals surface area contributed by atoms with Crippen molar-refractivity contribution < 1.29 is 0 Å². The Morgan fingerprint density at radius 3 is 1.70 bits per heavy atom. The van der Waals surface area contributed by atoms with Gasteiger partial charge in [-0.25, -0.2) is 9.97 Å². The zero-order valence-electron chi connectivity index (χ0n) is 22.0. The van der Waals surface area contributed by atoms with Gasteiger partial charge in [0.2, 0.25) is 0 Å². The second-order valence-electron chi connectivity index (χ2n) is 10.2. The van der Waals surface area contributed by atoms with Crippen molar-refractivity contribution in [3.63, 3.8) is 0 Å². The van der Waals surface area contributed by atoms with Crippen molar-refractivity contribution in [1.82, 2.24) is 9.97 Å². The molecule has 1 aromatic carbocycles. The fourth-order valence-electron chi connectivity index (χ4n) is 4.47. The van der Waals surface area contributed by atoms with E-state index in [1.807, 2.05) is 12.4 Å². The fourth-order valence-corrected chi connectivity index (χ4v) is 4.47. The highest BCUT2D eigenvalue weighted by Gasteiger charge is 2.03. The molecule has 1 atom stereocenters.